The Morgan fingerprint density at radius 2 is 1.75 bits per heavy atom. The highest BCUT2D eigenvalue weighted by Crippen LogP contribution is 2.23. The van der Waals surface area contributed by atoms with Crippen molar-refractivity contribution < 1.29 is 33.4 Å². The van der Waals surface area contributed by atoms with Crippen molar-refractivity contribution in [2.45, 2.75) is 104 Å². The summed E-state index contributed by atoms with van der Waals surface area (Å²) in [6, 6.07) is 6.81. The van der Waals surface area contributed by atoms with E-state index in [9.17, 15) is 24.0 Å². The van der Waals surface area contributed by atoms with Gasteiger partial charge in [0, 0.05) is 31.1 Å². The molecule has 0 saturated carbocycles. The number of cyclic esters (lactones) is 1. The minimum atomic E-state index is -0.928. The molecule has 1 fully saturated rings. The van der Waals surface area contributed by atoms with Crippen molar-refractivity contribution in [2.75, 3.05) is 13.1 Å². The Morgan fingerprint density at radius 3 is 2.46 bits per heavy atom. The lowest BCUT2D eigenvalue weighted by Gasteiger charge is -2.35. The predicted molar refractivity (Wildman–Crippen MR) is 180 cm³/mol. The molecule has 4 atom stereocenters. The molecule has 0 aliphatic carbocycles. The van der Waals surface area contributed by atoms with Crippen LogP contribution in [0.2, 0.25) is 0 Å². The van der Waals surface area contributed by atoms with Crippen LogP contribution in [0.1, 0.15) is 91.5 Å². The van der Waals surface area contributed by atoms with E-state index in [0.29, 0.717) is 37.0 Å². The standard InChI is InChI=1S/C35H48N6O7/c1-21(2)30-31(43)36-22(3)32(44)41-18-8-10-27(39-41)33(45)47-23(4)26-15-14-25-13-12-24(20-28(25)37-26)16-19-40(17-9-11-29(42)38-30)34(46)48-35(5,6)7/h12-16,19-23,27,30,39H,8-11,17-18H2,1-7H3,(H,36,43)(H,38,42). The highest BCUT2D eigenvalue weighted by molar-refractivity contribution is 5.92. The van der Waals surface area contributed by atoms with Crippen LogP contribution >= 0.6 is 0 Å². The van der Waals surface area contributed by atoms with Crippen LogP contribution in [0, 0.1) is 5.92 Å². The summed E-state index contributed by atoms with van der Waals surface area (Å²) in [6.07, 6.45) is 3.54. The van der Waals surface area contributed by atoms with Gasteiger partial charge in [-0.2, -0.15) is 0 Å². The minimum absolute atomic E-state index is 0.0498. The Hall–Kier alpha value is -4.52. The topological polar surface area (TPSA) is 159 Å². The molecule has 260 valence electrons. The molecule has 2 aliphatic heterocycles. The number of aromatic nitrogens is 1. The molecular formula is C35H48N6O7. The van der Waals surface area contributed by atoms with Crippen LogP contribution in [0.15, 0.2) is 36.5 Å². The van der Waals surface area contributed by atoms with E-state index in [2.05, 4.69) is 16.1 Å². The molecule has 0 radical (unpaired) electrons. The van der Waals surface area contributed by atoms with Gasteiger partial charge in [0.25, 0.3) is 5.91 Å². The highest BCUT2D eigenvalue weighted by atomic mass is 16.6. The van der Waals surface area contributed by atoms with E-state index in [1.165, 1.54) is 9.91 Å². The number of amides is 4. The zero-order valence-corrected chi connectivity index (χ0v) is 28.9. The number of rotatable bonds is 1. The highest BCUT2D eigenvalue weighted by Gasteiger charge is 2.34. The van der Waals surface area contributed by atoms with Crippen LogP contribution < -0.4 is 16.1 Å². The van der Waals surface area contributed by atoms with E-state index >= 15 is 0 Å². The molecule has 48 heavy (non-hydrogen) atoms. The monoisotopic (exact) mass is 664 g/mol. The first-order valence-corrected chi connectivity index (χ1v) is 16.6. The van der Waals surface area contributed by atoms with Crippen molar-refractivity contribution >= 4 is 46.8 Å². The van der Waals surface area contributed by atoms with Gasteiger partial charge in [-0.15, -0.1) is 0 Å². The number of nitrogens with one attached hydrogen (secondary N) is 3. The molecular weight excluding hydrogens is 616 g/mol. The Morgan fingerprint density at radius 1 is 1.02 bits per heavy atom. The third kappa shape index (κ3) is 9.75. The molecule has 4 rings (SSSR count). The maximum atomic E-state index is 13.3. The number of carbonyl (C=O) groups is 5. The molecule has 1 saturated heterocycles. The number of ether oxygens (including phenoxy) is 2. The Labute approximate surface area is 281 Å². The number of pyridine rings is 1. The molecule has 2 aliphatic rings. The number of hydrogen-bond acceptors (Lipinski definition) is 9. The van der Waals surface area contributed by atoms with Crippen molar-refractivity contribution in [3.63, 3.8) is 0 Å². The summed E-state index contributed by atoms with van der Waals surface area (Å²) >= 11 is 0. The maximum Gasteiger partial charge on any atom is 0.414 e. The zero-order valence-electron chi connectivity index (χ0n) is 28.9. The van der Waals surface area contributed by atoms with E-state index in [1.54, 1.807) is 66.8 Å². The average molecular weight is 665 g/mol. The van der Waals surface area contributed by atoms with E-state index in [4.69, 9.17) is 14.5 Å². The first-order chi connectivity index (χ1) is 22.6. The van der Waals surface area contributed by atoms with Gasteiger partial charge in [-0.1, -0.05) is 32.0 Å². The maximum absolute atomic E-state index is 13.3. The minimum Gasteiger partial charge on any atom is -0.455 e. The van der Waals surface area contributed by atoms with Gasteiger partial charge in [0.2, 0.25) is 11.8 Å². The van der Waals surface area contributed by atoms with Gasteiger partial charge in [0.1, 0.15) is 29.8 Å². The van der Waals surface area contributed by atoms with E-state index in [1.807, 2.05) is 24.3 Å². The van der Waals surface area contributed by atoms with E-state index in [0.717, 1.165) is 10.9 Å². The van der Waals surface area contributed by atoms with E-state index in [-0.39, 0.29) is 24.8 Å². The predicted octanol–water partition coefficient (Wildman–Crippen LogP) is 3.98. The molecule has 13 nitrogen and oxygen atoms in total. The lowest BCUT2D eigenvalue weighted by atomic mass is 10.0. The number of nitrogens with zero attached hydrogens (tertiary/aromatic N) is 3. The largest absolute Gasteiger partial charge is 0.455 e. The number of esters is 1. The summed E-state index contributed by atoms with van der Waals surface area (Å²) in [7, 11) is 0. The van der Waals surface area contributed by atoms with Crippen molar-refractivity contribution in [2.24, 2.45) is 5.92 Å². The quantitative estimate of drug-likeness (QED) is 0.384. The van der Waals surface area contributed by atoms with Gasteiger partial charge in [-0.25, -0.2) is 15.2 Å². The number of hydrazine groups is 1. The van der Waals surface area contributed by atoms with Gasteiger partial charge < -0.3 is 20.1 Å². The van der Waals surface area contributed by atoms with E-state index < -0.39 is 53.7 Å². The summed E-state index contributed by atoms with van der Waals surface area (Å²) in [5, 5.41) is 7.72. The van der Waals surface area contributed by atoms with Gasteiger partial charge in [0.15, 0.2) is 0 Å². The van der Waals surface area contributed by atoms with Crippen molar-refractivity contribution in [1.82, 2.24) is 31.0 Å². The molecule has 0 spiro atoms. The lowest BCUT2D eigenvalue weighted by molar-refractivity contribution is -0.157. The fraction of sp³-hybridized carbons (Fsp3) is 0.543. The summed E-state index contributed by atoms with van der Waals surface area (Å²) < 4.78 is 11.4. The van der Waals surface area contributed by atoms with Crippen LogP contribution in [0.4, 0.5) is 4.79 Å². The number of carbonyl (C=O) groups excluding carboxylic acids is 5. The second kappa shape index (κ2) is 15.6. The van der Waals surface area contributed by atoms with Crippen LogP contribution in [-0.4, -0.2) is 81.5 Å². The molecule has 13 heteroatoms. The first-order valence-electron chi connectivity index (χ1n) is 16.6. The lowest BCUT2D eigenvalue weighted by Crippen LogP contribution is -2.61. The Kier molecular flexibility index (Phi) is 11.8. The van der Waals surface area contributed by atoms with Gasteiger partial charge in [-0.05, 0) is 83.6 Å². The fourth-order valence-corrected chi connectivity index (χ4v) is 5.42. The summed E-state index contributed by atoms with van der Waals surface area (Å²) in [5.41, 5.74) is 4.24. The SMILES string of the molecule is CC1NC(=O)C(C(C)C)NC(=O)CCCN(C(=O)OC(C)(C)C)C=Cc2ccc3ccc(nc3c2)C(C)OC(=O)C2CCCN(N2)C1=O. The van der Waals surface area contributed by atoms with Crippen LogP contribution in [-0.2, 0) is 28.7 Å². The molecule has 4 unspecified atom stereocenters. The Balaban J connectivity index is 1.65. The van der Waals surface area contributed by atoms with Gasteiger partial charge in [0.05, 0.1) is 11.2 Å². The molecule has 3 N–H and O–H groups in total. The average Bonchev–Trinajstić information content (AvgIpc) is 3.02. The summed E-state index contributed by atoms with van der Waals surface area (Å²) in [5.74, 6) is -2.07. The van der Waals surface area contributed by atoms with Crippen LogP contribution in [0.3, 0.4) is 0 Å². The molecule has 4 amide bonds. The number of benzene rings is 1. The summed E-state index contributed by atoms with van der Waals surface area (Å²) in [6.45, 7) is 12.8. The van der Waals surface area contributed by atoms with Crippen LogP contribution in [0.5, 0.6) is 0 Å². The van der Waals surface area contributed by atoms with Gasteiger partial charge in [-0.3, -0.25) is 29.1 Å². The smallest absolute Gasteiger partial charge is 0.414 e. The van der Waals surface area contributed by atoms with Crippen LogP contribution in [0.25, 0.3) is 17.0 Å². The molecule has 1 aromatic heterocycles. The second-order valence-corrected chi connectivity index (χ2v) is 13.7. The number of fused-ring (bicyclic) bond motifs is 4. The zero-order chi connectivity index (χ0) is 35.2. The third-order valence-electron chi connectivity index (χ3n) is 8.06. The number of hydrogen-bond donors (Lipinski definition) is 3. The molecule has 3 heterocycles. The molecule has 1 aromatic carbocycles. The fourth-order valence-electron chi connectivity index (χ4n) is 5.42. The third-order valence-corrected chi connectivity index (χ3v) is 8.06. The van der Waals surface area contributed by atoms with Crippen molar-refractivity contribution in [3.8, 4) is 0 Å². The Bertz CT molecular complexity index is 1550. The first kappa shape index (κ1) is 36.3. The molecule has 5 bridgehead atoms. The second-order valence-electron chi connectivity index (χ2n) is 13.7. The van der Waals surface area contributed by atoms with Crippen molar-refractivity contribution in [1.29, 1.82) is 0 Å². The molecule has 2 aromatic rings. The summed E-state index contributed by atoms with van der Waals surface area (Å²) in [4.78, 5) is 72.0. The normalized spacial score (nSPS) is 23.9. The van der Waals surface area contributed by atoms with Crippen molar-refractivity contribution in [3.05, 3.63) is 47.8 Å². The van der Waals surface area contributed by atoms with Gasteiger partial charge >= 0.3 is 12.1 Å².